The summed E-state index contributed by atoms with van der Waals surface area (Å²) in [6, 6.07) is 0. The third-order valence-electron chi connectivity index (χ3n) is 3.18. The molecule has 0 atom stereocenters. The number of nitrogens with zero attached hydrogens (tertiary/aromatic N) is 1. The average Bonchev–Trinajstić information content (AvgIpc) is 2.29. The number of amides is 1. The second-order valence-electron chi connectivity index (χ2n) is 4.62. The zero-order valence-electron chi connectivity index (χ0n) is 10.1. The van der Waals surface area contributed by atoms with Crippen LogP contribution in [0.5, 0.6) is 0 Å². The molecule has 3 heteroatoms. The third kappa shape index (κ3) is 4.13. The van der Waals surface area contributed by atoms with E-state index < -0.39 is 5.60 Å². The molecule has 0 heterocycles. The van der Waals surface area contributed by atoms with E-state index in [1.807, 2.05) is 0 Å². The SMILES string of the molecule is C#CCN(CC#C)C(=O)CC1(O)CCCCC1. The molecule has 1 aliphatic carbocycles. The average molecular weight is 233 g/mol. The first-order chi connectivity index (χ1) is 8.11. The summed E-state index contributed by atoms with van der Waals surface area (Å²) in [5, 5.41) is 10.3. The summed E-state index contributed by atoms with van der Waals surface area (Å²) >= 11 is 0. The Morgan fingerprint density at radius 2 is 1.71 bits per heavy atom. The molecule has 0 bridgehead atoms. The van der Waals surface area contributed by atoms with E-state index in [9.17, 15) is 9.90 Å². The van der Waals surface area contributed by atoms with E-state index in [4.69, 9.17) is 12.8 Å². The number of rotatable bonds is 4. The minimum Gasteiger partial charge on any atom is -0.389 e. The second kappa shape index (κ2) is 6.33. The van der Waals surface area contributed by atoms with Gasteiger partial charge in [0.05, 0.1) is 25.1 Å². The molecule has 1 rings (SSSR count). The first-order valence-corrected chi connectivity index (χ1v) is 5.98. The van der Waals surface area contributed by atoms with Gasteiger partial charge in [0.1, 0.15) is 0 Å². The van der Waals surface area contributed by atoms with Crippen LogP contribution in [0.15, 0.2) is 0 Å². The summed E-state index contributed by atoms with van der Waals surface area (Å²) in [5.74, 6) is 4.67. The van der Waals surface area contributed by atoms with Crippen LogP contribution in [0.3, 0.4) is 0 Å². The predicted octanol–water partition coefficient (Wildman–Crippen LogP) is 1.17. The van der Waals surface area contributed by atoms with Gasteiger partial charge in [0.2, 0.25) is 5.91 Å². The van der Waals surface area contributed by atoms with Gasteiger partial charge >= 0.3 is 0 Å². The van der Waals surface area contributed by atoms with Crippen molar-refractivity contribution in [3.05, 3.63) is 0 Å². The van der Waals surface area contributed by atoms with Crippen molar-refractivity contribution < 1.29 is 9.90 Å². The molecule has 0 aromatic rings. The van der Waals surface area contributed by atoms with E-state index in [0.717, 1.165) is 19.3 Å². The highest BCUT2D eigenvalue weighted by atomic mass is 16.3. The standard InChI is InChI=1S/C14H19NO2/c1-3-10-15(11-4-2)13(16)12-14(17)8-6-5-7-9-14/h1-2,17H,5-12H2. The molecule has 92 valence electrons. The predicted molar refractivity (Wildman–Crippen MR) is 66.9 cm³/mol. The fourth-order valence-electron chi connectivity index (χ4n) is 2.23. The van der Waals surface area contributed by atoms with Crippen molar-refractivity contribution in [2.75, 3.05) is 13.1 Å². The number of terminal acetylenes is 2. The Kier molecular flexibility index (Phi) is 5.07. The summed E-state index contributed by atoms with van der Waals surface area (Å²) in [6.45, 7) is 0.415. The second-order valence-corrected chi connectivity index (χ2v) is 4.62. The summed E-state index contributed by atoms with van der Waals surface area (Å²) in [7, 11) is 0. The summed E-state index contributed by atoms with van der Waals surface area (Å²) in [6.07, 6.45) is 15.0. The van der Waals surface area contributed by atoms with Crippen molar-refractivity contribution in [2.24, 2.45) is 0 Å². The third-order valence-corrected chi connectivity index (χ3v) is 3.18. The van der Waals surface area contributed by atoms with Crippen LogP contribution in [0.25, 0.3) is 0 Å². The van der Waals surface area contributed by atoms with Crippen LogP contribution < -0.4 is 0 Å². The number of carbonyl (C=O) groups is 1. The van der Waals surface area contributed by atoms with Gasteiger partial charge in [-0.15, -0.1) is 12.8 Å². The highest BCUT2D eigenvalue weighted by molar-refractivity contribution is 5.77. The fraction of sp³-hybridized carbons (Fsp3) is 0.643. The van der Waals surface area contributed by atoms with Gasteiger partial charge in [-0.2, -0.15) is 0 Å². The smallest absolute Gasteiger partial charge is 0.227 e. The van der Waals surface area contributed by atoms with Crippen LogP contribution in [0.1, 0.15) is 38.5 Å². The van der Waals surface area contributed by atoms with Gasteiger partial charge in [-0.3, -0.25) is 4.79 Å². The molecule has 1 fully saturated rings. The van der Waals surface area contributed by atoms with Crippen LogP contribution in [-0.2, 0) is 4.79 Å². The van der Waals surface area contributed by atoms with Gasteiger partial charge < -0.3 is 10.0 Å². The maximum atomic E-state index is 12.0. The van der Waals surface area contributed by atoms with Crippen LogP contribution >= 0.6 is 0 Å². The Balaban J connectivity index is 2.56. The molecule has 1 N–H and O–H groups in total. The Labute approximate surface area is 103 Å². The number of hydrogen-bond acceptors (Lipinski definition) is 2. The lowest BCUT2D eigenvalue weighted by atomic mass is 9.82. The van der Waals surface area contributed by atoms with Crippen LogP contribution in [0.2, 0.25) is 0 Å². The number of aliphatic hydroxyl groups is 1. The largest absolute Gasteiger partial charge is 0.389 e. The van der Waals surface area contributed by atoms with Gasteiger partial charge in [-0.25, -0.2) is 0 Å². The molecule has 0 saturated heterocycles. The van der Waals surface area contributed by atoms with Gasteiger partial charge in [0, 0.05) is 0 Å². The van der Waals surface area contributed by atoms with E-state index in [1.54, 1.807) is 0 Å². The molecule has 1 saturated carbocycles. The van der Waals surface area contributed by atoms with E-state index in [0.29, 0.717) is 12.8 Å². The Morgan fingerprint density at radius 3 is 2.18 bits per heavy atom. The molecular formula is C14H19NO2. The summed E-state index contributed by atoms with van der Waals surface area (Å²) in [5.41, 5.74) is -0.850. The highest BCUT2D eigenvalue weighted by Crippen LogP contribution is 2.31. The molecule has 0 aliphatic heterocycles. The van der Waals surface area contributed by atoms with Crippen molar-refractivity contribution >= 4 is 5.91 Å². The maximum absolute atomic E-state index is 12.0. The lowest BCUT2D eigenvalue weighted by molar-refractivity contribution is -0.136. The van der Waals surface area contributed by atoms with E-state index >= 15 is 0 Å². The number of carbonyl (C=O) groups excluding carboxylic acids is 1. The van der Waals surface area contributed by atoms with Crippen molar-refractivity contribution in [1.29, 1.82) is 0 Å². The monoisotopic (exact) mass is 233 g/mol. The van der Waals surface area contributed by atoms with E-state index in [2.05, 4.69) is 11.8 Å². The molecule has 0 radical (unpaired) electrons. The van der Waals surface area contributed by atoms with Gasteiger partial charge in [-0.1, -0.05) is 31.1 Å². The van der Waals surface area contributed by atoms with Gasteiger partial charge in [-0.05, 0) is 12.8 Å². The molecule has 17 heavy (non-hydrogen) atoms. The molecule has 0 aromatic heterocycles. The maximum Gasteiger partial charge on any atom is 0.227 e. The van der Waals surface area contributed by atoms with Crippen molar-refractivity contribution in [2.45, 2.75) is 44.1 Å². The molecule has 1 amide bonds. The van der Waals surface area contributed by atoms with Crippen molar-refractivity contribution in [3.8, 4) is 24.7 Å². The Morgan fingerprint density at radius 1 is 1.18 bits per heavy atom. The van der Waals surface area contributed by atoms with E-state index in [1.165, 1.54) is 4.90 Å². The van der Waals surface area contributed by atoms with Crippen LogP contribution in [0.4, 0.5) is 0 Å². The van der Waals surface area contributed by atoms with Crippen LogP contribution in [0, 0.1) is 24.7 Å². The molecular weight excluding hydrogens is 214 g/mol. The summed E-state index contributed by atoms with van der Waals surface area (Å²) < 4.78 is 0. The van der Waals surface area contributed by atoms with Gasteiger partial charge in [0.25, 0.3) is 0 Å². The first kappa shape index (κ1) is 13.6. The van der Waals surface area contributed by atoms with Gasteiger partial charge in [0.15, 0.2) is 0 Å². The first-order valence-electron chi connectivity index (χ1n) is 5.98. The number of hydrogen-bond donors (Lipinski definition) is 1. The normalized spacial score (nSPS) is 17.8. The lowest BCUT2D eigenvalue weighted by Gasteiger charge is -2.33. The zero-order valence-corrected chi connectivity index (χ0v) is 10.1. The van der Waals surface area contributed by atoms with Crippen molar-refractivity contribution in [3.63, 3.8) is 0 Å². The Bertz CT molecular complexity index is 326. The molecule has 0 spiro atoms. The quantitative estimate of drug-likeness (QED) is 0.740. The molecule has 1 aliphatic rings. The zero-order chi connectivity index (χ0) is 12.7. The Hall–Kier alpha value is -1.45. The minimum atomic E-state index is -0.850. The van der Waals surface area contributed by atoms with E-state index in [-0.39, 0.29) is 25.4 Å². The van der Waals surface area contributed by atoms with Crippen LogP contribution in [-0.4, -0.2) is 34.6 Å². The lowest BCUT2D eigenvalue weighted by Crippen LogP contribution is -2.41. The summed E-state index contributed by atoms with van der Waals surface area (Å²) in [4.78, 5) is 13.4. The minimum absolute atomic E-state index is 0.135. The van der Waals surface area contributed by atoms with Crippen molar-refractivity contribution in [1.82, 2.24) is 4.90 Å². The fourth-order valence-corrected chi connectivity index (χ4v) is 2.23. The topological polar surface area (TPSA) is 40.5 Å². The highest BCUT2D eigenvalue weighted by Gasteiger charge is 2.33. The molecule has 0 aromatic carbocycles. The molecule has 3 nitrogen and oxygen atoms in total. The molecule has 0 unspecified atom stereocenters.